The van der Waals surface area contributed by atoms with E-state index in [-0.39, 0.29) is 30.2 Å². The summed E-state index contributed by atoms with van der Waals surface area (Å²) in [6.45, 7) is 3.67. The Balaban J connectivity index is 2.09. The summed E-state index contributed by atoms with van der Waals surface area (Å²) in [5, 5.41) is 2.56. The van der Waals surface area contributed by atoms with Crippen molar-refractivity contribution in [2.24, 2.45) is 0 Å². The first-order valence-corrected chi connectivity index (χ1v) is 6.32. The molecule has 1 aromatic rings. The summed E-state index contributed by atoms with van der Waals surface area (Å²) in [7, 11) is 0. The number of piperazine rings is 1. The topological polar surface area (TPSA) is 49.4 Å². The van der Waals surface area contributed by atoms with Crippen LogP contribution in [0.25, 0.3) is 0 Å². The maximum Gasteiger partial charge on any atom is 0.242 e. The Morgan fingerprint density at radius 2 is 2.00 bits per heavy atom. The average Bonchev–Trinajstić information content (AvgIpc) is 2.37. The van der Waals surface area contributed by atoms with E-state index in [2.05, 4.69) is 5.32 Å². The molecule has 2 amide bonds. The molecule has 1 aromatic carbocycles. The highest BCUT2D eigenvalue weighted by molar-refractivity contribution is 5.94. The molecule has 5 heteroatoms. The van der Waals surface area contributed by atoms with E-state index in [1.165, 1.54) is 12.1 Å². The van der Waals surface area contributed by atoms with Gasteiger partial charge in [0, 0.05) is 6.04 Å². The van der Waals surface area contributed by atoms with E-state index in [0.29, 0.717) is 6.42 Å². The molecule has 0 radical (unpaired) electrons. The van der Waals surface area contributed by atoms with E-state index in [4.69, 9.17) is 0 Å². The third-order valence-electron chi connectivity index (χ3n) is 3.42. The number of nitrogens with zero attached hydrogens (tertiary/aromatic N) is 1. The molecule has 2 rings (SSSR count). The van der Waals surface area contributed by atoms with E-state index in [9.17, 15) is 14.0 Å². The summed E-state index contributed by atoms with van der Waals surface area (Å²) in [4.78, 5) is 25.1. The normalized spacial score (nSPS) is 21.2. The molecule has 0 saturated carbocycles. The molecule has 0 aromatic heterocycles. The Hall–Kier alpha value is -1.91. The highest BCUT2D eigenvalue weighted by Crippen LogP contribution is 2.15. The molecule has 1 heterocycles. The maximum absolute atomic E-state index is 12.8. The molecule has 19 heavy (non-hydrogen) atoms. The summed E-state index contributed by atoms with van der Waals surface area (Å²) in [6.07, 6.45) is 0.601. The Morgan fingerprint density at radius 3 is 2.63 bits per heavy atom. The van der Waals surface area contributed by atoms with Gasteiger partial charge in [-0.15, -0.1) is 0 Å². The fourth-order valence-electron chi connectivity index (χ4n) is 2.43. The van der Waals surface area contributed by atoms with Crippen molar-refractivity contribution >= 4 is 11.8 Å². The summed E-state index contributed by atoms with van der Waals surface area (Å²) in [5.41, 5.74) is 0.944. The Bertz CT molecular complexity index is 487. The molecular weight excluding hydrogens is 247 g/mol. The van der Waals surface area contributed by atoms with Crippen molar-refractivity contribution < 1.29 is 14.0 Å². The van der Waals surface area contributed by atoms with Gasteiger partial charge in [-0.1, -0.05) is 12.1 Å². The molecule has 0 bridgehead atoms. The zero-order valence-corrected chi connectivity index (χ0v) is 11.0. The second-order valence-corrected chi connectivity index (χ2v) is 4.87. The molecule has 0 aliphatic carbocycles. The number of nitrogens with one attached hydrogen (secondary N) is 1. The zero-order chi connectivity index (χ0) is 14.0. The van der Waals surface area contributed by atoms with Crippen LogP contribution in [-0.4, -0.2) is 35.3 Å². The Kier molecular flexibility index (Phi) is 3.83. The molecule has 1 aliphatic heterocycles. The van der Waals surface area contributed by atoms with Crippen LogP contribution in [0.1, 0.15) is 19.4 Å². The number of carbonyl (C=O) groups is 2. The van der Waals surface area contributed by atoms with Crippen LogP contribution >= 0.6 is 0 Å². The van der Waals surface area contributed by atoms with Crippen molar-refractivity contribution in [3.63, 3.8) is 0 Å². The first-order chi connectivity index (χ1) is 8.99. The van der Waals surface area contributed by atoms with Crippen molar-refractivity contribution in [1.82, 2.24) is 10.2 Å². The van der Waals surface area contributed by atoms with Gasteiger partial charge in [-0.25, -0.2) is 4.39 Å². The Morgan fingerprint density at radius 1 is 1.37 bits per heavy atom. The maximum atomic E-state index is 12.8. The average molecular weight is 264 g/mol. The smallest absolute Gasteiger partial charge is 0.242 e. The number of halogens is 1. The van der Waals surface area contributed by atoms with Gasteiger partial charge in [0.15, 0.2) is 0 Å². The number of benzene rings is 1. The summed E-state index contributed by atoms with van der Waals surface area (Å²) >= 11 is 0. The van der Waals surface area contributed by atoms with Gasteiger partial charge in [0.05, 0.1) is 6.54 Å². The molecule has 1 N–H and O–H groups in total. The number of hydrogen-bond acceptors (Lipinski definition) is 2. The van der Waals surface area contributed by atoms with E-state index in [0.717, 1.165) is 5.56 Å². The van der Waals surface area contributed by atoms with Crippen LogP contribution in [0.5, 0.6) is 0 Å². The van der Waals surface area contributed by atoms with Crippen LogP contribution in [-0.2, 0) is 16.0 Å². The molecule has 0 spiro atoms. The van der Waals surface area contributed by atoms with E-state index >= 15 is 0 Å². The summed E-state index contributed by atoms with van der Waals surface area (Å²) < 4.78 is 12.8. The lowest BCUT2D eigenvalue weighted by Crippen LogP contribution is -2.60. The third-order valence-corrected chi connectivity index (χ3v) is 3.42. The van der Waals surface area contributed by atoms with Crippen molar-refractivity contribution in [2.75, 3.05) is 6.54 Å². The highest BCUT2D eigenvalue weighted by Gasteiger charge is 2.33. The third kappa shape index (κ3) is 2.92. The van der Waals surface area contributed by atoms with Gasteiger partial charge in [0.1, 0.15) is 11.9 Å². The van der Waals surface area contributed by atoms with Gasteiger partial charge < -0.3 is 10.2 Å². The number of amides is 2. The quantitative estimate of drug-likeness (QED) is 0.889. The molecule has 1 aliphatic rings. The first-order valence-electron chi connectivity index (χ1n) is 6.32. The predicted molar refractivity (Wildman–Crippen MR) is 68.9 cm³/mol. The lowest BCUT2D eigenvalue weighted by Gasteiger charge is -2.37. The molecular formula is C14H17FN2O2. The van der Waals surface area contributed by atoms with Crippen LogP contribution in [0.4, 0.5) is 4.39 Å². The van der Waals surface area contributed by atoms with Gasteiger partial charge in [-0.3, -0.25) is 9.59 Å². The lowest BCUT2D eigenvalue weighted by atomic mass is 10.0. The molecule has 2 atom stereocenters. The summed E-state index contributed by atoms with van der Waals surface area (Å²) in [6, 6.07) is 5.64. The first kappa shape index (κ1) is 13.5. The summed E-state index contributed by atoms with van der Waals surface area (Å²) in [5.74, 6) is -0.495. The van der Waals surface area contributed by atoms with Crippen LogP contribution < -0.4 is 5.32 Å². The molecule has 4 nitrogen and oxygen atoms in total. The van der Waals surface area contributed by atoms with Gasteiger partial charge >= 0.3 is 0 Å². The van der Waals surface area contributed by atoms with Crippen molar-refractivity contribution in [2.45, 2.75) is 32.4 Å². The van der Waals surface area contributed by atoms with Crippen LogP contribution in [0, 0.1) is 5.82 Å². The Labute approximate surface area is 111 Å². The number of hydrogen-bond donors (Lipinski definition) is 1. The lowest BCUT2D eigenvalue weighted by molar-refractivity contribution is -0.147. The SMILES string of the molecule is CC(Cc1ccc(F)cc1)N1C(=O)CNC(=O)C1C. The van der Waals surface area contributed by atoms with Crippen molar-refractivity contribution in [3.05, 3.63) is 35.6 Å². The van der Waals surface area contributed by atoms with Gasteiger partial charge in [-0.05, 0) is 38.0 Å². The molecule has 102 valence electrons. The van der Waals surface area contributed by atoms with E-state index in [1.54, 1.807) is 24.0 Å². The van der Waals surface area contributed by atoms with Gasteiger partial charge in [-0.2, -0.15) is 0 Å². The predicted octanol–water partition coefficient (Wildman–Crippen LogP) is 1.10. The van der Waals surface area contributed by atoms with Gasteiger partial charge in [0.2, 0.25) is 11.8 Å². The van der Waals surface area contributed by atoms with Crippen LogP contribution in [0.15, 0.2) is 24.3 Å². The van der Waals surface area contributed by atoms with Crippen molar-refractivity contribution in [3.8, 4) is 0 Å². The minimum Gasteiger partial charge on any atom is -0.345 e. The highest BCUT2D eigenvalue weighted by atomic mass is 19.1. The largest absolute Gasteiger partial charge is 0.345 e. The van der Waals surface area contributed by atoms with Crippen LogP contribution in [0.2, 0.25) is 0 Å². The van der Waals surface area contributed by atoms with Crippen molar-refractivity contribution in [1.29, 1.82) is 0 Å². The number of carbonyl (C=O) groups excluding carboxylic acids is 2. The fraction of sp³-hybridized carbons (Fsp3) is 0.429. The minimum atomic E-state index is -0.461. The fourth-order valence-corrected chi connectivity index (χ4v) is 2.43. The minimum absolute atomic E-state index is 0.0525. The van der Waals surface area contributed by atoms with E-state index < -0.39 is 6.04 Å². The second kappa shape index (κ2) is 5.38. The second-order valence-electron chi connectivity index (χ2n) is 4.87. The standard InChI is InChI=1S/C14H17FN2O2/c1-9(7-11-3-5-12(15)6-4-11)17-10(2)14(19)16-8-13(17)18/h3-6,9-10H,7-8H2,1-2H3,(H,16,19). The number of rotatable bonds is 3. The molecule has 1 saturated heterocycles. The zero-order valence-electron chi connectivity index (χ0n) is 11.0. The molecule has 2 unspecified atom stereocenters. The van der Waals surface area contributed by atoms with Gasteiger partial charge in [0.25, 0.3) is 0 Å². The molecule has 1 fully saturated rings. The van der Waals surface area contributed by atoms with Crippen LogP contribution in [0.3, 0.4) is 0 Å². The van der Waals surface area contributed by atoms with E-state index in [1.807, 2.05) is 6.92 Å². The monoisotopic (exact) mass is 264 g/mol.